The van der Waals surface area contributed by atoms with Crippen molar-refractivity contribution in [3.8, 4) is 0 Å². The number of aromatic nitrogens is 1. The van der Waals surface area contributed by atoms with Crippen LogP contribution in [0.25, 0.3) is 6.08 Å². The van der Waals surface area contributed by atoms with E-state index in [0.717, 1.165) is 13.6 Å². The molecule has 0 saturated carbocycles. The number of hydrogen-bond donors (Lipinski definition) is 0. The fourth-order valence-electron chi connectivity index (χ4n) is 0.699. The maximum absolute atomic E-state index is 12.2. The second-order valence-electron chi connectivity index (χ2n) is 2.19. The summed E-state index contributed by atoms with van der Waals surface area (Å²) in [5.74, 6) is -0.447. The maximum atomic E-state index is 12.2. The van der Waals surface area contributed by atoms with Gasteiger partial charge in [-0.05, 0) is 41.7 Å². The molecule has 1 aromatic rings. The highest BCUT2D eigenvalue weighted by Crippen LogP contribution is 2.20. The van der Waals surface area contributed by atoms with Gasteiger partial charge in [-0.3, -0.25) is 0 Å². The van der Waals surface area contributed by atoms with Gasteiger partial charge in [0.1, 0.15) is 5.83 Å². The summed E-state index contributed by atoms with van der Waals surface area (Å²) in [6.07, 6.45) is 2.95. The lowest BCUT2D eigenvalue weighted by Gasteiger charge is -1.85. The summed E-state index contributed by atoms with van der Waals surface area (Å²) in [6.45, 7) is 5.09. The van der Waals surface area contributed by atoms with E-state index in [1.54, 1.807) is 17.4 Å². The molecule has 4 heteroatoms. The molecule has 0 fully saturated rings. The van der Waals surface area contributed by atoms with Crippen LogP contribution in [0.3, 0.4) is 0 Å². The van der Waals surface area contributed by atoms with Gasteiger partial charge >= 0.3 is 0 Å². The molecule has 0 aromatic carbocycles. The summed E-state index contributed by atoms with van der Waals surface area (Å²) in [5, 5.41) is 0. The van der Waals surface area contributed by atoms with Crippen LogP contribution in [0, 0.1) is 9.94 Å². The number of allylic oxidation sites excluding steroid dienone is 2. The van der Waals surface area contributed by atoms with Crippen molar-refractivity contribution in [1.29, 1.82) is 0 Å². The monoisotopic (exact) mass is 295 g/mol. The molecule has 1 aromatic heterocycles. The molecule has 12 heavy (non-hydrogen) atoms. The lowest BCUT2D eigenvalue weighted by Crippen LogP contribution is -1.74. The Kier molecular flexibility index (Phi) is 3.39. The third-order valence-corrected chi connectivity index (χ3v) is 2.91. The van der Waals surface area contributed by atoms with Crippen LogP contribution >= 0.6 is 33.9 Å². The van der Waals surface area contributed by atoms with Crippen molar-refractivity contribution < 1.29 is 4.39 Å². The molecule has 1 rings (SSSR count). The Labute approximate surface area is 88.2 Å². The molecular formula is C8H7FINS. The molecule has 0 aliphatic heterocycles. The highest BCUT2D eigenvalue weighted by Gasteiger charge is 2.00. The molecule has 0 amide bonds. The first-order valence-corrected chi connectivity index (χ1v) is 5.14. The van der Waals surface area contributed by atoms with Crippen LogP contribution in [-0.2, 0) is 0 Å². The van der Waals surface area contributed by atoms with Gasteiger partial charge in [0, 0.05) is 4.88 Å². The van der Waals surface area contributed by atoms with Gasteiger partial charge in [-0.2, -0.15) is 0 Å². The minimum Gasteiger partial charge on any atom is -0.230 e. The zero-order valence-corrected chi connectivity index (χ0v) is 9.45. The van der Waals surface area contributed by atoms with E-state index < -0.39 is 5.83 Å². The number of thiazole rings is 1. The molecule has 0 aliphatic carbocycles. The highest BCUT2D eigenvalue weighted by atomic mass is 127. The molecule has 1 nitrogen and oxygen atoms in total. The van der Waals surface area contributed by atoms with E-state index in [0.29, 0.717) is 0 Å². The van der Waals surface area contributed by atoms with E-state index in [4.69, 9.17) is 0 Å². The minimum atomic E-state index is -0.447. The van der Waals surface area contributed by atoms with Gasteiger partial charge in [-0.25, -0.2) is 9.37 Å². The molecule has 0 N–H and O–H groups in total. The number of aryl methyl sites for hydroxylation is 1. The first kappa shape index (κ1) is 9.85. The number of hydrogen-bond acceptors (Lipinski definition) is 2. The summed E-state index contributed by atoms with van der Waals surface area (Å²) < 4.78 is 13.2. The molecule has 0 bridgehead atoms. The van der Waals surface area contributed by atoms with Gasteiger partial charge in [0.05, 0.1) is 5.69 Å². The third-order valence-electron chi connectivity index (χ3n) is 1.23. The largest absolute Gasteiger partial charge is 0.230 e. The van der Waals surface area contributed by atoms with Crippen molar-refractivity contribution in [3.05, 3.63) is 32.1 Å². The van der Waals surface area contributed by atoms with E-state index in [2.05, 4.69) is 34.2 Å². The standard InChI is InChI=1S/C8H7FINS/c1-5(9)3-4-7-6(2)12-8(10)11-7/h3-4H,1H2,2H3/b4-3-. The summed E-state index contributed by atoms with van der Waals surface area (Å²) >= 11 is 3.73. The van der Waals surface area contributed by atoms with Gasteiger partial charge in [0.15, 0.2) is 3.01 Å². The number of nitrogens with zero attached hydrogens (tertiary/aromatic N) is 1. The number of halogens is 2. The molecule has 0 atom stereocenters. The SMILES string of the molecule is C=C(F)/C=C\c1nc(I)sc1C. The predicted molar refractivity (Wildman–Crippen MR) is 58.9 cm³/mol. The Morgan fingerprint density at radius 3 is 2.83 bits per heavy atom. The van der Waals surface area contributed by atoms with E-state index in [1.165, 1.54) is 6.08 Å². The molecule has 0 spiro atoms. The first-order valence-electron chi connectivity index (χ1n) is 3.25. The van der Waals surface area contributed by atoms with Gasteiger partial charge in [-0.1, -0.05) is 6.58 Å². The maximum Gasteiger partial charge on any atom is 0.154 e. The zero-order chi connectivity index (χ0) is 9.14. The molecule has 0 aliphatic rings. The number of rotatable bonds is 2. The van der Waals surface area contributed by atoms with Crippen molar-refractivity contribution in [2.24, 2.45) is 0 Å². The Morgan fingerprint density at radius 1 is 1.75 bits per heavy atom. The van der Waals surface area contributed by atoms with Gasteiger partial charge in [-0.15, -0.1) is 11.3 Å². The average molecular weight is 295 g/mol. The molecule has 0 radical (unpaired) electrons. The predicted octanol–water partition coefficient (Wildman–Crippen LogP) is 3.55. The second kappa shape index (κ2) is 4.13. The van der Waals surface area contributed by atoms with Crippen LogP contribution in [0.5, 0.6) is 0 Å². The van der Waals surface area contributed by atoms with Crippen LogP contribution in [-0.4, -0.2) is 4.98 Å². The first-order chi connectivity index (χ1) is 5.59. The Bertz CT molecular complexity index is 330. The van der Waals surface area contributed by atoms with Crippen LogP contribution in [0.4, 0.5) is 4.39 Å². The Hall–Kier alpha value is -0.230. The molecular weight excluding hydrogens is 288 g/mol. The summed E-state index contributed by atoms with van der Waals surface area (Å²) in [5.41, 5.74) is 0.822. The summed E-state index contributed by atoms with van der Waals surface area (Å²) in [4.78, 5) is 5.29. The van der Waals surface area contributed by atoms with E-state index in [9.17, 15) is 4.39 Å². The fraction of sp³-hybridized carbons (Fsp3) is 0.125. The highest BCUT2D eigenvalue weighted by molar-refractivity contribution is 14.1. The quantitative estimate of drug-likeness (QED) is 0.600. The van der Waals surface area contributed by atoms with Crippen molar-refractivity contribution in [2.45, 2.75) is 6.92 Å². The normalized spacial score (nSPS) is 10.9. The van der Waals surface area contributed by atoms with E-state index in [1.807, 2.05) is 6.92 Å². The van der Waals surface area contributed by atoms with Crippen molar-refractivity contribution in [3.63, 3.8) is 0 Å². The van der Waals surface area contributed by atoms with E-state index >= 15 is 0 Å². The van der Waals surface area contributed by atoms with Crippen molar-refractivity contribution in [1.82, 2.24) is 4.98 Å². The molecule has 0 saturated heterocycles. The second-order valence-corrected chi connectivity index (χ2v) is 5.15. The van der Waals surface area contributed by atoms with Gasteiger partial charge in [0.2, 0.25) is 0 Å². The lowest BCUT2D eigenvalue weighted by atomic mass is 10.3. The molecule has 0 unspecified atom stereocenters. The zero-order valence-electron chi connectivity index (χ0n) is 6.47. The Balaban J connectivity index is 2.89. The molecule has 64 valence electrons. The molecule has 1 heterocycles. The topological polar surface area (TPSA) is 12.9 Å². The van der Waals surface area contributed by atoms with Crippen molar-refractivity contribution >= 4 is 40.0 Å². The van der Waals surface area contributed by atoms with Crippen LogP contribution < -0.4 is 0 Å². The van der Waals surface area contributed by atoms with Crippen LogP contribution in [0.2, 0.25) is 0 Å². The smallest absolute Gasteiger partial charge is 0.154 e. The van der Waals surface area contributed by atoms with Gasteiger partial charge in [0.25, 0.3) is 0 Å². The van der Waals surface area contributed by atoms with Gasteiger partial charge < -0.3 is 0 Å². The fourth-order valence-corrected chi connectivity index (χ4v) is 2.56. The van der Waals surface area contributed by atoms with E-state index in [-0.39, 0.29) is 0 Å². The summed E-state index contributed by atoms with van der Waals surface area (Å²) in [6, 6.07) is 0. The third kappa shape index (κ3) is 2.67. The van der Waals surface area contributed by atoms with Crippen molar-refractivity contribution in [2.75, 3.05) is 0 Å². The van der Waals surface area contributed by atoms with Crippen LogP contribution in [0.1, 0.15) is 10.6 Å². The summed E-state index contributed by atoms with van der Waals surface area (Å²) in [7, 11) is 0. The van der Waals surface area contributed by atoms with Crippen LogP contribution in [0.15, 0.2) is 18.5 Å². The Morgan fingerprint density at radius 2 is 2.42 bits per heavy atom. The minimum absolute atomic E-state index is 0.447. The average Bonchev–Trinajstić information content (AvgIpc) is 2.26. The lowest BCUT2D eigenvalue weighted by molar-refractivity contribution is 0.672.